The minimum Gasteiger partial charge on any atom is -0.393 e. The minimum absolute atomic E-state index is 0.0331. The quantitative estimate of drug-likeness (QED) is 0.778. The monoisotopic (exact) mass is 243 g/mol. The highest BCUT2D eigenvalue weighted by Crippen LogP contribution is 2.37. The molecule has 0 aromatic heterocycles. The van der Waals surface area contributed by atoms with Crippen LogP contribution >= 0.6 is 0 Å². The van der Waals surface area contributed by atoms with Gasteiger partial charge < -0.3 is 15.2 Å². The van der Waals surface area contributed by atoms with E-state index < -0.39 is 0 Å². The largest absolute Gasteiger partial charge is 0.393 e. The van der Waals surface area contributed by atoms with Crippen LogP contribution in [-0.2, 0) is 4.74 Å². The Labute approximate surface area is 106 Å². The maximum Gasteiger partial charge on any atom is 0.0787 e. The van der Waals surface area contributed by atoms with E-state index >= 15 is 0 Å². The maximum atomic E-state index is 9.35. The number of hydrogen-bond donors (Lipinski definition) is 2. The van der Waals surface area contributed by atoms with Crippen LogP contribution in [-0.4, -0.2) is 35.0 Å². The Balaban J connectivity index is 2.42. The molecule has 1 fully saturated rings. The van der Waals surface area contributed by atoms with Crippen molar-refractivity contribution in [2.24, 2.45) is 5.92 Å². The molecule has 1 aliphatic rings. The van der Waals surface area contributed by atoms with Crippen LogP contribution < -0.4 is 5.32 Å². The van der Waals surface area contributed by atoms with Crippen LogP contribution in [0.2, 0.25) is 0 Å². The molecular weight excluding hydrogens is 214 g/mol. The highest BCUT2D eigenvalue weighted by atomic mass is 16.5. The lowest BCUT2D eigenvalue weighted by molar-refractivity contribution is -0.0699. The molecule has 0 radical (unpaired) electrons. The standard InChI is InChI=1S/C14H29NO2/c1-10(7-11(2)16)9-15-12-8-13(3,4)17-14(12,5)6/h10-12,15-16H,7-9H2,1-6H3. The molecule has 1 heterocycles. The van der Waals surface area contributed by atoms with Gasteiger partial charge in [0.15, 0.2) is 0 Å². The van der Waals surface area contributed by atoms with Crippen molar-refractivity contribution in [3.8, 4) is 0 Å². The Morgan fingerprint density at radius 2 is 1.88 bits per heavy atom. The van der Waals surface area contributed by atoms with Crippen LogP contribution in [0.3, 0.4) is 0 Å². The van der Waals surface area contributed by atoms with Gasteiger partial charge in [0.2, 0.25) is 0 Å². The summed E-state index contributed by atoms with van der Waals surface area (Å²) >= 11 is 0. The van der Waals surface area contributed by atoms with Crippen LogP contribution in [0.1, 0.15) is 54.4 Å². The van der Waals surface area contributed by atoms with E-state index in [0.717, 1.165) is 19.4 Å². The van der Waals surface area contributed by atoms with Gasteiger partial charge >= 0.3 is 0 Å². The normalized spacial score (nSPS) is 30.2. The van der Waals surface area contributed by atoms with Crippen LogP contribution in [0, 0.1) is 5.92 Å². The number of nitrogens with one attached hydrogen (secondary N) is 1. The van der Waals surface area contributed by atoms with Gasteiger partial charge in [0.25, 0.3) is 0 Å². The third kappa shape index (κ3) is 4.57. The van der Waals surface area contributed by atoms with Gasteiger partial charge in [0.05, 0.1) is 17.3 Å². The van der Waals surface area contributed by atoms with Crippen molar-refractivity contribution < 1.29 is 9.84 Å². The molecule has 0 spiro atoms. The summed E-state index contributed by atoms with van der Waals surface area (Å²) in [5, 5.41) is 12.9. The first-order chi connectivity index (χ1) is 7.62. The fourth-order valence-electron chi connectivity index (χ4n) is 2.89. The van der Waals surface area contributed by atoms with E-state index in [4.69, 9.17) is 4.74 Å². The van der Waals surface area contributed by atoms with Gasteiger partial charge in [-0.05, 0) is 59.9 Å². The van der Waals surface area contributed by atoms with Crippen molar-refractivity contribution in [1.82, 2.24) is 5.32 Å². The predicted octanol–water partition coefficient (Wildman–Crippen LogP) is 2.33. The summed E-state index contributed by atoms with van der Waals surface area (Å²) in [6.45, 7) is 13.6. The van der Waals surface area contributed by atoms with Gasteiger partial charge in [0, 0.05) is 6.04 Å². The summed E-state index contributed by atoms with van der Waals surface area (Å²) in [4.78, 5) is 0. The molecule has 0 aromatic rings. The lowest BCUT2D eigenvalue weighted by Crippen LogP contribution is -2.45. The van der Waals surface area contributed by atoms with Crippen LogP contribution in [0.15, 0.2) is 0 Å². The molecule has 1 rings (SSSR count). The van der Waals surface area contributed by atoms with E-state index in [1.165, 1.54) is 0 Å². The van der Waals surface area contributed by atoms with Crippen LogP contribution in [0.5, 0.6) is 0 Å². The fourth-order valence-corrected chi connectivity index (χ4v) is 2.89. The third-order valence-electron chi connectivity index (χ3n) is 3.53. The summed E-state index contributed by atoms with van der Waals surface area (Å²) in [5.41, 5.74) is -0.136. The summed E-state index contributed by atoms with van der Waals surface area (Å²) < 4.78 is 6.05. The molecule has 102 valence electrons. The van der Waals surface area contributed by atoms with Gasteiger partial charge in [-0.25, -0.2) is 0 Å². The van der Waals surface area contributed by atoms with E-state index in [2.05, 4.69) is 39.9 Å². The Kier molecular flexibility index (Phi) is 4.61. The molecule has 0 amide bonds. The second-order valence-electron chi connectivity index (χ2n) is 6.82. The van der Waals surface area contributed by atoms with Crippen LogP contribution in [0.4, 0.5) is 0 Å². The van der Waals surface area contributed by atoms with Crippen molar-refractivity contribution >= 4 is 0 Å². The Morgan fingerprint density at radius 1 is 1.29 bits per heavy atom. The predicted molar refractivity (Wildman–Crippen MR) is 71.1 cm³/mol. The highest BCUT2D eigenvalue weighted by Gasteiger charge is 2.45. The second kappa shape index (κ2) is 5.25. The topological polar surface area (TPSA) is 41.5 Å². The van der Waals surface area contributed by atoms with Crippen LogP contribution in [0.25, 0.3) is 0 Å². The fraction of sp³-hybridized carbons (Fsp3) is 1.00. The first-order valence-corrected chi connectivity index (χ1v) is 6.74. The number of aliphatic hydroxyl groups is 1. The van der Waals surface area contributed by atoms with Gasteiger partial charge in [-0.1, -0.05) is 6.92 Å². The summed E-state index contributed by atoms with van der Waals surface area (Å²) in [6.07, 6.45) is 1.68. The van der Waals surface area contributed by atoms with Crippen molar-refractivity contribution in [2.45, 2.75) is 77.7 Å². The van der Waals surface area contributed by atoms with E-state index in [1.54, 1.807) is 0 Å². The zero-order valence-electron chi connectivity index (χ0n) is 12.2. The van der Waals surface area contributed by atoms with Crippen molar-refractivity contribution in [1.29, 1.82) is 0 Å². The van der Waals surface area contributed by atoms with E-state index in [1.807, 2.05) is 6.92 Å². The molecule has 3 heteroatoms. The van der Waals surface area contributed by atoms with Gasteiger partial charge in [-0.2, -0.15) is 0 Å². The molecule has 1 saturated heterocycles. The number of hydrogen-bond acceptors (Lipinski definition) is 3. The molecular formula is C14H29NO2. The zero-order chi connectivity index (χ0) is 13.3. The molecule has 2 N–H and O–H groups in total. The summed E-state index contributed by atoms with van der Waals surface area (Å²) in [7, 11) is 0. The molecule has 3 nitrogen and oxygen atoms in total. The molecule has 1 aliphatic heterocycles. The number of aliphatic hydroxyl groups excluding tert-OH is 1. The summed E-state index contributed by atoms with van der Waals surface area (Å²) in [5.74, 6) is 0.495. The molecule has 0 aromatic carbocycles. The zero-order valence-corrected chi connectivity index (χ0v) is 12.2. The maximum absolute atomic E-state index is 9.35. The number of rotatable bonds is 5. The van der Waals surface area contributed by atoms with Gasteiger partial charge in [-0.15, -0.1) is 0 Å². The molecule has 0 saturated carbocycles. The van der Waals surface area contributed by atoms with E-state index in [9.17, 15) is 5.11 Å². The van der Waals surface area contributed by atoms with Crippen molar-refractivity contribution in [3.63, 3.8) is 0 Å². The van der Waals surface area contributed by atoms with E-state index in [0.29, 0.717) is 12.0 Å². The van der Waals surface area contributed by atoms with Crippen molar-refractivity contribution in [2.75, 3.05) is 6.54 Å². The molecule has 17 heavy (non-hydrogen) atoms. The molecule has 0 aliphatic carbocycles. The number of ether oxygens (including phenoxy) is 1. The average molecular weight is 243 g/mol. The summed E-state index contributed by atoms with van der Waals surface area (Å²) in [6, 6.07) is 0.397. The molecule has 3 unspecified atom stereocenters. The minimum atomic E-state index is -0.212. The average Bonchev–Trinajstić information content (AvgIpc) is 2.29. The second-order valence-corrected chi connectivity index (χ2v) is 6.82. The van der Waals surface area contributed by atoms with Gasteiger partial charge in [0.1, 0.15) is 0 Å². The third-order valence-corrected chi connectivity index (χ3v) is 3.53. The smallest absolute Gasteiger partial charge is 0.0787 e. The highest BCUT2D eigenvalue weighted by molar-refractivity contribution is 4.98. The van der Waals surface area contributed by atoms with Gasteiger partial charge in [-0.3, -0.25) is 0 Å². The van der Waals surface area contributed by atoms with E-state index in [-0.39, 0.29) is 17.3 Å². The SMILES string of the molecule is CC(O)CC(C)CNC1CC(C)(C)OC1(C)C. The lowest BCUT2D eigenvalue weighted by atomic mass is 9.93. The molecule has 0 bridgehead atoms. The first-order valence-electron chi connectivity index (χ1n) is 6.74. The lowest BCUT2D eigenvalue weighted by Gasteiger charge is -2.28. The Morgan fingerprint density at radius 3 is 2.29 bits per heavy atom. The van der Waals surface area contributed by atoms with Crippen molar-refractivity contribution in [3.05, 3.63) is 0 Å². The Hall–Kier alpha value is -0.120. The Bertz CT molecular complexity index is 249. The first kappa shape index (κ1) is 14.9. The molecule has 3 atom stereocenters.